The van der Waals surface area contributed by atoms with Crippen LogP contribution in [0.25, 0.3) is 0 Å². The van der Waals surface area contributed by atoms with Crippen LogP contribution in [0, 0.1) is 12.0 Å². The van der Waals surface area contributed by atoms with E-state index >= 15 is 0 Å². The van der Waals surface area contributed by atoms with Gasteiger partial charge in [-0.3, -0.25) is 4.79 Å². The molecule has 0 spiro atoms. The summed E-state index contributed by atoms with van der Waals surface area (Å²) in [6, 6.07) is 8.92. The Labute approximate surface area is 92.8 Å². The Morgan fingerprint density at radius 1 is 1.46 bits per heavy atom. The smallest absolute Gasteiger partial charge is 0.137 e. The largest absolute Gasteiger partial charge is 0.299 e. The maximum absolute atomic E-state index is 11.3. The fourth-order valence-corrected chi connectivity index (χ4v) is 1.67. The molecule has 0 N–H and O–H groups in total. The normalized spacial score (nSPS) is 20.4. The average Bonchev–Trinajstić information content (AvgIpc) is 2.07. The Morgan fingerprint density at radius 3 is 3.00 bits per heavy atom. The molecular weight excluding hydrogens is 332 g/mol. The SMILES string of the molecule is CC1Cc2c[c-]ccc2CC1=O.[W]. The third kappa shape index (κ3) is 2.08. The Balaban J connectivity index is 0.000000845. The van der Waals surface area contributed by atoms with Crippen LogP contribution >= 0.6 is 0 Å². The van der Waals surface area contributed by atoms with Crippen molar-refractivity contribution in [3.8, 4) is 0 Å². The topological polar surface area (TPSA) is 17.1 Å². The first-order valence-electron chi connectivity index (χ1n) is 4.28. The Morgan fingerprint density at radius 2 is 2.23 bits per heavy atom. The first kappa shape index (κ1) is 10.7. The maximum Gasteiger partial charge on any atom is 0.137 e. The summed E-state index contributed by atoms with van der Waals surface area (Å²) >= 11 is 0. The third-order valence-electron chi connectivity index (χ3n) is 2.49. The van der Waals surface area contributed by atoms with Crippen LogP contribution in [0.1, 0.15) is 18.1 Å². The molecule has 1 nitrogen and oxygen atoms in total. The fraction of sp³-hybridized carbons (Fsp3) is 0.364. The summed E-state index contributed by atoms with van der Waals surface area (Å²) in [4.78, 5) is 11.3. The van der Waals surface area contributed by atoms with Gasteiger partial charge in [-0.25, -0.2) is 0 Å². The van der Waals surface area contributed by atoms with Crippen molar-refractivity contribution in [2.45, 2.75) is 19.8 Å². The van der Waals surface area contributed by atoms with Crippen molar-refractivity contribution in [2.24, 2.45) is 5.92 Å². The van der Waals surface area contributed by atoms with Gasteiger partial charge >= 0.3 is 0 Å². The number of carbonyl (C=O) groups excluding carboxylic acids is 1. The van der Waals surface area contributed by atoms with Gasteiger partial charge < -0.3 is 0 Å². The zero-order valence-electron chi connectivity index (χ0n) is 7.54. The standard InChI is InChI=1S/C11H11O.W/c1-8-6-9-4-2-3-5-10(9)7-11(8)12;/h3-5,8H,6-7H2,1H3;/q-1;. The number of hydrogen-bond acceptors (Lipinski definition) is 1. The maximum atomic E-state index is 11.3. The zero-order chi connectivity index (χ0) is 8.55. The summed E-state index contributed by atoms with van der Waals surface area (Å²) in [5.41, 5.74) is 2.49. The summed E-state index contributed by atoms with van der Waals surface area (Å²) in [5, 5.41) is 0. The average molecular weight is 343 g/mol. The van der Waals surface area contributed by atoms with Crippen LogP contribution in [-0.4, -0.2) is 5.78 Å². The molecule has 1 aliphatic carbocycles. The monoisotopic (exact) mass is 343 g/mol. The van der Waals surface area contributed by atoms with E-state index in [0.717, 1.165) is 6.42 Å². The molecule has 2 rings (SSSR count). The Kier molecular flexibility index (Phi) is 3.44. The van der Waals surface area contributed by atoms with E-state index < -0.39 is 0 Å². The van der Waals surface area contributed by atoms with Crippen LogP contribution in [0.2, 0.25) is 0 Å². The molecule has 0 amide bonds. The molecule has 1 unspecified atom stereocenters. The predicted octanol–water partition coefficient (Wildman–Crippen LogP) is 1.79. The number of benzene rings is 1. The molecule has 13 heavy (non-hydrogen) atoms. The number of hydrogen-bond donors (Lipinski definition) is 0. The zero-order valence-corrected chi connectivity index (χ0v) is 10.5. The number of rotatable bonds is 0. The van der Waals surface area contributed by atoms with E-state index in [4.69, 9.17) is 0 Å². The Bertz CT molecular complexity index is 320. The summed E-state index contributed by atoms with van der Waals surface area (Å²) < 4.78 is 0. The van der Waals surface area contributed by atoms with E-state index in [1.807, 2.05) is 25.1 Å². The fourth-order valence-electron chi connectivity index (χ4n) is 1.67. The van der Waals surface area contributed by atoms with E-state index in [2.05, 4.69) is 6.07 Å². The van der Waals surface area contributed by atoms with Gasteiger partial charge in [-0.1, -0.05) is 13.3 Å². The summed E-state index contributed by atoms with van der Waals surface area (Å²) in [5.74, 6) is 0.571. The second-order valence-electron chi connectivity index (χ2n) is 3.44. The second kappa shape index (κ2) is 4.19. The van der Waals surface area contributed by atoms with Gasteiger partial charge in [0.25, 0.3) is 0 Å². The van der Waals surface area contributed by atoms with Crippen molar-refractivity contribution in [1.29, 1.82) is 0 Å². The molecule has 1 aliphatic rings. The van der Waals surface area contributed by atoms with Crippen LogP contribution in [0.3, 0.4) is 0 Å². The van der Waals surface area contributed by atoms with Crippen LogP contribution < -0.4 is 0 Å². The van der Waals surface area contributed by atoms with E-state index in [1.54, 1.807) is 0 Å². The van der Waals surface area contributed by atoms with E-state index in [0.29, 0.717) is 12.2 Å². The van der Waals surface area contributed by atoms with Gasteiger partial charge in [0.2, 0.25) is 0 Å². The van der Waals surface area contributed by atoms with Gasteiger partial charge in [-0.2, -0.15) is 29.8 Å². The third-order valence-corrected chi connectivity index (χ3v) is 2.49. The summed E-state index contributed by atoms with van der Waals surface area (Å²) in [7, 11) is 0. The molecule has 1 aromatic carbocycles. The minimum Gasteiger partial charge on any atom is -0.299 e. The van der Waals surface area contributed by atoms with Gasteiger partial charge in [-0.05, 0) is 0 Å². The first-order valence-corrected chi connectivity index (χ1v) is 4.28. The molecule has 68 valence electrons. The van der Waals surface area contributed by atoms with Crippen molar-refractivity contribution in [3.05, 3.63) is 35.4 Å². The molecule has 2 heteroatoms. The van der Waals surface area contributed by atoms with Crippen LogP contribution in [0.15, 0.2) is 18.2 Å². The van der Waals surface area contributed by atoms with E-state index in [9.17, 15) is 4.79 Å². The number of ketones is 1. The molecule has 0 bridgehead atoms. The van der Waals surface area contributed by atoms with Crippen LogP contribution in [-0.2, 0) is 38.7 Å². The Hall–Kier alpha value is -0.422. The molecule has 1 aromatic rings. The van der Waals surface area contributed by atoms with Gasteiger partial charge in [0, 0.05) is 33.4 Å². The van der Waals surface area contributed by atoms with E-state index in [1.165, 1.54) is 11.1 Å². The van der Waals surface area contributed by atoms with Crippen molar-refractivity contribution < 1.29 is 25.9 Å². The number of carbonyl (C=O) groups is 1. The molecule has 0 aromatic heterocycles. The first-order chi connectivity index (χ1) is 5.77. The molecule has 0 saturated heterocycles. The predicted molar refractivity (Wildman–Crippen MR) is 46.9 cm³/mol. The van der Waals surface area contributed by atoms with Gasteiger partial charge in [-0.15, -0.1) is 5.56 Å². The minimum atomic E-state index is 0. The van der Waals surface area contributed by atoms with Crippen LogP contribution in [0.4, 0.5) is 0 Å². The van der Waals surface area contributed by atoms with Gasteiger partial charge in [0.1, 0.15) is 5.78 Å². The van der Waals surface area contributed by atoms with E-state index in [-0.39, 0.29) is 27.0 Å². The van der Waals surface area contributed by atoms with Gasteiger partial charge in [0.15, 0.2) is 0 Å². The molecular formula is C11H11OW-. The molecule has 0 radical (unpaired) electrons. The number of fused-ring (bicyclic) bond motifs is 1. The summed E-state index contributed by atoms with van der Waals surface area (Å²) in [6.07, 6.45) is 1.51. The second-order valence-corrected chi connectivity index (χ2v) is 3.44. The number of Topliss-reactive ketones (excluding diaryl/α,β-unsaturated/α-hetero) is 1. The van der Waals surface area contributed by atoms with Crippen molar-refractivity contribution in [2.75, 3.05) is 0 Å². The quantitative estimate of drug-likeness (QED) is 0.657. The molecule has 1 atom stereocenters. The molecule has 0 heterocycles. The summed E-state index contributed by atoms with van der Waals surface area (Å²) in [6.45, 7) is 2.00. The van der Waals surface area contributed by atoms with Crippen molar-refractivity contribution in [1.82, 2.24) is 0 Å². The molecule has 0 saturated carbocycles. The molecule has 0 aliphatic heterocycles. The van der Waals surface area contributed by atoms with Gasteiger partial charge in [0.05, 0.1) is 0 Å². The molecule has 0 fully saturated rings. The van der Waals surface area contributed by atoms with Crippen molar-refractivity contribution >= 4 is 5.78 Å². The van der Waals surface area contributed by atoms with Crippen molar-refractivity contribution in [3.63, 3.8) is 0 Å². The van der Waals surface area contributed by atoms with Crippen LogP contribution in [0.5, 0.6) is 0 Å². The minimum absolute atomic E-state index is 0.